The third-order valence-electron chi connectivity index (χ3n) is 2.01. The van der Waals surface area contributed by atoms with Gasteiger partial charge in [-0.2, -0.15) is 13.2 Å². The molecule has 0 fully saturated rings. The van der Waals surface area contributed by atoms with Crippen LogP contribution in [0, 0.1) is 0 Å². The molecule has 0 bridgehead atoms. The third kappa shape index (κ3) is 6.62. The Morgan fingerprint density at radius 2 is 2.00 bits per heavy atom. The van der Waals surface area contributed by atoms with Crippen LogP contribution in [0.25, 0.3) is 0 Å². The summed E-state index contributed by atoms with van der Waals surface area (Å²) in [7, 11) is 0. The van der Waals surface area contributed by atoms with Gasteiger partial charge in [-0.05, 0) is 12.1 Å². The number of benzene rings is 1. The normalized spacial score (nSPS) is 10.8. The molecule has 20 heavy (non-hydrogen) atoms. The molecule has 0 spiro atoms. The lowest BCUT2D eigenvalue weighted by Gasteiger charge is -2.10. The van der Waals surface area contributed by atoms with Gasteiger partial charge in [0, 0.05) is 18.7 Å². The first-order valence-corrected chi connectivity index (χ1v) is 5.60. The minimum atomic E-state index is -4.46. The molecule has 0 radical (unpaired) electrons. The second-order valence-electron chi connectivity index (χ2n) is 3.89. The van der Waals surface area contributed by atoms with Gasteiger partial charge in [0.1, 0.15) is 12.3 Å². The van der Waals surface area contributed by atoms with Gasteiger partial charge in [-0.3, -0.25) is 9.59 Å². The van der Waals surface area contributed by atoms with Crippen molar-refractivity contribution >= 4 is 17.5 Å². The fraction of sp³-hybridized carbons (Fsp3) is 0.333. The van der Waals surface area contributed by atoms with Crippen LogP contribution in [0.3, 0.4) is 0 Å². The van der Waals surface area contributed by atoms with Crippen molar-refractivity contribution in [3.8, 4) is 5.75 Å². The summed E-state index contributed by atoms with van der Waals surface area (Å²) >= 11 is 0. The zero-order valence-corrected chi connectivity index (χ0v) is 10.6. The summed E-state index contributed by atoms with van der Waals surface area (Å²) in [6.45, 7) is -0.612. The molecule has 5 nitrogen and oxygen atoms in total. The third-order valence-corrected chi connectivity index (χ3v) is 2.01. The molecule has 8 heteroatoms. The van der Waals surface area contributed by atoms with Crippen molar-refractivity contribution in [2.45, 2.75) is 13.1 Å². The summed E-state index contributed by atoms with van der Waals surface area (Å²) in [5, 5.41) is 4.19. The number of ether oxygens (including phenoxy) is 1. The van der Waals surface area contributed by atoms with Crippen LogP contribution in [-0.2, 0) is 9.59 Å². The molecule has 2 N–H and O–H groups in total. The van der Waals surface area contributed by atoms with E-state index < -0.39 is 25.2 Å². The maximum Gasteiger partial charge on any atom is 0.405 e. The van der Waals surface area contributed by atoms with E-state index in [0.29, 0.717) is 5.69 Å². The predicted octanol–water partition coefficient (Wildman–Crippen LogP) is 1.70. The van der Waals surface area contributed by atoms with Gasteiger partial charge < -0.3 is 15.4 Å². The van der Waals surface area contributed by atoms with Crippen molar-refractivity contribution in [2.24, 2.45) is 0 Å². The molecule has 110 valence electrons. The van der Waals surface area contributed by atoms with Crippen molar-refractivity contribution in [3.05, 3.63) is 24.3 Å². The molecule has 0 aromatic heterocycles. The lowest BCUT2D eigenvalue weighted by molar-refractivity contribution is -0.139. The first kappa shape index (κ1) is 15.8. The molecule has 0 aliphatic carbocycles. The van der Waals surface area contributed by atoms with E-state index in [0.717, 1.165) is 0 Å². The number of carbonyl (C=O) groups is 2. The molecule has 0 aliphatic rings. The number of amides is 2. The Labute approximate surface area is 113 Å². The number of anilines is 1. The van der Waals surface area contributed by atoms with Crippen molar-refractivity contribution in [1.29, 1.82) is 0 Å². The van der Waals surface area contributed by atoms with Crippen molar-refractivity contribution in [2.75, 3.05) is 18.5 Å². The maximum absolute atomic E-state index is 11.9. The number of alkyl halides is 3. The largest absolute Gasteiger partial charge is 0.484 e. The Morgan fingerprint density at radius 3 is 2.60 bits per heavy atom. The van der Waals surface area contributed by atoms with E-state index in [1.54, 1.807) is 17.4 Å². The first-order valence-electron chi connectivity index (χ1n) is 5.60. The van der Waals surface area contributed by atoms with Crippen LogP contribution in [0.2, 0.25) is 0 Å². The maximum atomic E-state index is 11.9. The first-order chi connectivity index (χ1) is 9.26. The smallest absolute Gasteiger partial charge is 0.405 e. The summed E-state index contributed by atoms with van der Waals surface area (Å²) in [5.74, 6) is -0.893. The molecule has 2 amide bonds. The fourth-order valence-corrected chi connectivity index (χ4v) is 1.27. The Balaban J connectivity index is 2.45. The van der Waals surface area contributed by atoms with E-state index >= 15 is 0 Å². The summed E-state index contributed by atoms with van der Waals surface area (Å²) in [5.41, 5.74) is 0.464. The van der Waals surface area contributed by atoms with Crippen molar-refractivity contribution in [3.63, 3.8) is 0 Å². The van der Waals surface area contributed by atoms with E-state index in [1.165, 1.54) is 19.1 Å². The number of nitrogens with one attached hydrogen (secondary N) is 2. The van der Waals surface area contributed by atoms with Gasteiger partial charge in [0.25, 0.3) is 5.91 Å². The molecular formula is C12H13F3N2O3. The number of hydrogen-bond acceptors (Lipinski definition) is 3. The van der Waals surface area contributed by atoms with E-state index in [9.17, 15) is 22.8 Å². The molecule has 0 heterocycles. The number of hydrogen-bond donors (Lipinski definition) is 2. The Bertz CT molecular complexity index is 489. The van der Waals surface area contributed by atoms with Crippen molar-refractivity contribution in [1.82, 2.24) is 5.32 Å². The number of halogens is 3. The Kier molecular flexibility index (Phi) is 5.36. The van der Waals surface area contributed by atoms with Crippen molar-refractivity contribution < 1.29 is 27.5 Å². The average Bonchev–Trinajstić information content (AvgIpc) is 2.32. The summed E-state index contributed by atoms with van der Waals surface area (Å²) in [6, 6.07) is 6.16. The molecule has 0 saturated heterocycles. The SMILES string of the molecule is CC(=O)Nc1cccc(OCC(=O)NCC(F)(F)F)c1. The standard InChI is InChI=1S/C12H13F3N2O3/c1-8(18)17-9-3-2-4-10(5-9)20-6-11(19)16-7-12(13,14)15/h2-5H,6-7H2,1H3,(H,16,19)(H,17,18). The average molecular weight is 290 g/mol. The Hall–Kier alpha value is -2.25. The van der Waals surface area contributed by atoms with Crippen LogP contribution in [-0.4, -0.2) is 31.1 Å². The van der Waals surface area contributed by atoms with Gasteiger partial charge >= 0.3 is 6.18 Å². The van der Waals surface area contributed by atoms with Gasteiger partial charge in [-0.1, -0.05) is 6.07 Å². The van der Waals surface area contributed by atoms with Gasteiger partial charge in [0.2, 0.25) is 5.91 Å². The van der Waals surface area contributed by atoms with Gasteiger partial charge in [-0.15, -0.1) is 0 Å². The van der Waals surface area contributed by atoms with Crippen LogP contribution < -0.4 is 15.4 Å². The van der Waals surface area contributed by atoms with Gasteiger partial charge in [-0.25, -0.2) is 0 Å². The number of rotatable bonds is 5. The van der Waals surface area contributed by atoms with Gasteiger partial charge in [0.15, 0.2) is 6.61 Å². The van der Waals surface area contributed by atoms with E-state index in [1.807, 2.05) is 0 Å². The highest BCUT2D eigenvalue weighted by atomic mass is 19.4. The van der Waals surface area contributed by atoms with E-state index in [2.05, 4.69) is 5.32 Å². The number of carbonyl (C=O) groups excluding carboxylic acids is 2. The van der Waals surface area contributed by atoms with Crippen LogP contribution in [0.4, 0.5) is 18.9 Å². The molecule has 0 aliphatic heterocycles. The monoisotopic (exact) mass is 290 g/mol. The second-order valence-corrected chi connectivity index (χ2v) is 3.89. The molecule has 0 atom stereocenters. The summed E-state index contributed by atoms with van der Waals surface area (Å²) < 4.78 is 40.6. The van der Waals surface area contributed by atoms with Crippen LogP contribution in [0.5, 0.6) is 5.75 Å². The summed E-state index contributed by atoms with van der Waals surface area (Å²) in [6.07, 6.45) is -4.46. The second kappa shape index (κ2) is 6.78. The quantitative estimate of drug-likeness (QED) is 0.867. The highest BCUT2D eigenvalue weighted by molar-refractivity contribution is 5.88. The molecule has 0 saturated carbocycles. The highest BCUT2D eigenvalue weighted by Gasteiger charge is 2.27. The van der Waals surface area contributed by atoms with E-state index in [-0.39, 0.29) is 11.7 Å². The molecule has 1 aromatic rings. The minimum Gasteiger partial charge on any atom is -0.484 e. The predicted molar refractivity (Wildman–Crippen MR) is 65.3 cm³/mol. The summed E-state index contributed by atoms with van der Waals surface area (Å²) in [4.78, 5) is 22.0. The van der Waals surface area contributed by atoms with Crippen LogP contribution in [0.15, 0.2) is 24.3 Å². The zero-order valence-electron chi connectivity index (χ0n) is 10.6. The zero-order chi connectivity index (χ0) is 15.2. The van der Waals surface area contributed by atoms with Crippen LogP contribution in [0.1, 0.15) is 6.92 Å². The Morgan fingerprint density at radius 1 is 1.30 bits per heavy atom. The minimum absolute atomic E-state index is 0.262. The molecule has 1 aromatic carbocycles. The topological polar surface area (TPSA) is 67.4 Å². The highest BCUT2D eigenvalue weighted by Crippen LogP contribution is 2.17. The van der Waals surface area contributed by atoms with E-state index in [4.69, 9.17) is 4.74 Å². The molecule has 0 unspecified atom stereocenters. The van der Waals surface area contributed by atoms with Crippen LogP contribution >= 0.6 is 0 Å². The fourth-order valence-electron chi connectivity index (χ4n) is 1.27. The van der Waals surface area contributed by atoms with Gasteiger partial charge in [0.05, 0.1) is 0 Å². The molecule has 1 rings (SSSR count). The molecular weight excluding hydrogens is 277 g/mol. The lowest BCUT2D eigenvalue weighted by atomic mass is 10.3. The lowest BCUT2D eigenvalue weighted by Crippen LogP contribution is -2.36.